The van der Waals surface area contributed by atoms with Gasteiger partial charge in [0.25, 0.3) is 10.1 Å². The third-order valence-electron chi connectivity index (χ3n) is 4.01. The molecule has 0 saturated heterocycles. The zero-order valence-corrected chi connectivity index (χ0v) is 16.8. The zero-order chi connectivity index (χ0) is 19.9. The molecular weight excluding hydrogens is 362 g/mol. The highest BCUT2D eigenvalue weighted by atomic mass is 32.2. The van der Waals surface area contributed by atoms with E-state index >= 15 is 0 Å². The van der Waals surface area contributed by atoms with Gasteiger partial charge in [-0.2, -0.15) is 8.42 Å². The van der Waals surface area contributed by atoms with Crippen LogP contribution in [0.15, 0.2) is 11.6 Å². The SMILES string of the molecule is CCOC(=O)C1=C[C@@H](OC(CC)CC)[C@H](NC(C)=O)[C@H](OS(C)(=O)=O)C1. The van der Waals surface area contributed by atoms with E-state index in [-0.39, 0.29) is 30.6 Å². The molecule has 0 aromatic heterocycles. The van der Waals surface area contributed by atoms with E-state index in [2.05, 4.69) is 5.32 Å². The highest BCUT2D eigenvalue weighted by molar-refractivity contribution is 7.86. The number of hydrogen-bond donors (Lipinski definition) is 1. The molecule has 26 heavy (non-hydrogen) atoms. The van der Waals surface area contributed by atoms with Gasteiger partial charge in [0.05, 0.1) is 31.1 Å². The second-order valence-electron chi connectivity index (χ2n) is 6.22. The summed E-state index contributed by atoms with van der Waals surface area (Å²) in [5.41, 5.74) is 0.276. The number of amides is 1. The van der Waals surface area contributed by atoms with E-state index in [0.29, 0.717) is 0 Å². The first-order valence-corrected chi connectivity index (χ1v) is 10.6. The minimum Gasteiger partial charge on any atom is -0.463 e. The van der Waals surface area contributed by atoms with Gasteiger partial charge in [-0.05, 0) is 25.8 Å². The van der Waals surface area contributed by atoms with Gasteiger partial charge in [-0.1, -0.05) is 13.8 Å². The number of esters is 1. The molecule has 1 amide bonds. The second-order valence-corrected chi connectivity index (χ2v) is 7.82. The quantitative estimate of drug-likeness (QED) is 0.466. The summed E-state index contributed by atoms with van der Waals surface area (Å²) in [4.78, 5) is 23.8. The van der Waals surface area contributed by atoms with Crippen LogP contribution in [0.3, 0.4) is 0 Å². The highest BCUT2D eigenvalue weighted by Crippen LogP contribution is 2.27. The van der Waals surface area contributed by atoms with E-state index < -0.39 is 34.3 Å². The molecule has 0 aliphatic heterocycles. The van der Waals surface area contributed by atoms with Gasteiger partial charge in [0.1, 0.15) is 6.10 Å². The first-order valence-electron chi connectivity index (χ1n) is 8.79. The zero-order valence-electron chi connectivity index (χ0n) is 16.0. The predicted molar refractivity (Wildman–Crippen MR) is 95.9 cm³/mol. The molecule has 0 heterocycles. The smallest absolute Gasteiger partial charge is 0.333 e. The number of hydrogen-bond acceptors (Lipinski definition) is 7. The average molecular weight is 391 g/mol. The molecule has 9 heteroatoms. The van der Waals surface area contributed by atoms with E-state index in [1.165, 1.54) is 6.92 Å². The summed E-state index contributed by atoms with van der Waals surface area (Å²) in [6, 6.07) is -0.735. The van der Waals surface area contributed by atoms with Gasteiger partial charge >= 0.3 is 5.97 Å². The standard InChI is InChI=1S/C17H29NO7S/c1-6-13(7-2)24-14-9-12(17(20)23-8-3)10-15(25-26(5,21)22)16(14)18-11(4)19/h9,13-16H,6-8,10H2,1-5H3,(H,18,19)/t14-,15-,16+/m1/s1. The Hall–Kier alpha value is -1.45. The molecule has 1 rings (SSSR count). The van der Waals surface area contributed by atoms with Crippen molar-refractivity contribution < 1.29 is 31.7 Å². The normalized spacial score (nSPS) is 23.5. The molecule has 0 radical (unpaired) electrons. The maximum atomic E-state index is 12.2. The molecule has 0 aromatic carbocycles. The number of nitrogens with one attached hydrogen (secondary N) is 1. The summed E-state index contributed by atoms with van der Waals surface area (Å²) in [7, 11) is -3.80. The van der Waals surface area contributed by atoms with Gasteiger partial charge in [0.2, 0.25) is 5.91 Å². The summed E-state index contributed by atoms with van der Waals surface area (Å²) < 4.78 is 39.5. The minimum atomic E-state index is -3.80. The lowest BCUT2D eigenvalue weighted by Gasteiger charge is -2.37. The molecule has 0 spiro atoms. The Bertz CT molecular complexity index is 625. The van der Waals surface area contributed by atoms with Gasteiger partial charge in [0, 0.05) is 18.9 Å². The Kier molecular flexibility index (Phi) is 8.72. The Morgan fingerprint density at radius 1 is 1.27 bits per heavy atom. The Morgan fingerprint density at radius 3 is 2.35 bits per heavy atom. The average Bonchev–Trinajstić information content (AvgIpc) is 2.53. The van der Waals surface area contributed by atoms with Crippen molar-refractivity contribution in [2.75, 3.05) is 12.9 Å². The Labute approximate surface area is 155 Å². The first kappa shape index (κ1) is 22.6. The van der Waals surface area contributed by atoms with Crippen LogP contribution in [-0.2, 0) is 33.4 Å². The number of carbonyl (C=O) groups is 2. The van der Waals surface area contributed by atoms with Crippen LogP contribution in [0, 0.1) is 0 Å². The van der Waals surface area contributed by atoms with E-state index in [1.807, 2.05) is 13.8 Å². The summed E-state index contributed by atoms with van der Waals surface area (Å²) in [6.07, 6.45) is 2.23. The fourth-order valence-electron chi connectivity index (χ4n) is 2.86. The molecule has 0 fully saturated rings. The monoisotopic (exact) mass is 391 g/mol. The van der Waals surface area contributed by atoms with Crippen LogP contribution < -0.4 is 5.32 Å². The van der Waals surface area contributed by atoms with Gasteiger partial charge in [-0.15, -0.1) is 0 Å². The van der Waals surface area contributed by atoms with Crippen LogP contribution in [0.4, 0.5) is 0 Å². The van der Waals surface area contributed by atoms with E-state index in [1.54, 1.807) is 13.0 Å². The molecule has 0 saturated carbocycles. The third kappa shape index (κ3) is 7.05. The molecule has 1 aliphatic rings. The molecule has 8 nitrogen and oxygen atoms in total. The van der Waals surface area contributed by atoms with Crippen molar-refractivity contribution in [2.45, 2.75) is 71.3 Å². The van der Waals surface area contributed by atoms with Crippen LogP contribution >= 0.6 is 0 Å². The van der Waals surface area contributed by atoms with Crippen LogP contribution in [0.2, 0.25) is 0 Å². The van der Waals surface area contributed by atoms with Crippen LogP contribution in [0.25, 0.3) is 0 Å². The molecule has 1 N–H and O–H groups in total. The minimum absolute atomic E-state index is 0.000370. The lowest BCUT2D eigenvalue weighted by Crippen LogP contribution is -2.55. The van der Waals surface area contributed by atoms with Gasteiger partial charge in [0.15, 0.2) is 0 Å². The fraction of sp³-hybridized carbons (Fsp3) is 0.765. The molecule has 0 aromatic rings. The molecule has 150 valence electrons. The summed E-state index contributed by atoms with van der Waals surface area (Å²) >= 11 is 0. The van der Waals surface area contributed by atoms with Crippen LogP contribution in [-0.4, -0.2) is 57.5 Å². The van der Waals surface area contributed by atoms with Crippen molar-refractivity contribution in [2.24, 2.45) is 0 Å². The molecule has 3 atom stereocenters. The number of ether oxygens (including phenoxy) is 2. The van der Waals surface area contributed by atoms with Crippen LogP contribution in [0.1, 0.15) is 47.0 Å². The van der Waals surface area contributed by atoms with Crippen molar-refractivity contribution in [3.63, 3.8) is 0 Å². The van der Waals surface area contributed by atoms with Crippen molar-refractivity contribution in [3.8, 4) is 0 Å². The lowest BCUT2D eigenvalue weighted by molar-refractivity contribution is -0.139. The van der Waals surface area contributed by atoms with E-state index in [9.17, 15) is 18.0 Å². The Morgan fingerprint density at radius 2 is 1.88 bits per heavy atom. The van der Waals surface area contributed by atoms with Gasteiger partial charge in [-0.25, -0.2) is 4.79 Å². The van der Waals surface area contributed by atoms with Gasteiger partial charge < -0.3 is 14.8 Å². The van der Waals surface area contributed by atoms with E-state index in [0.717, 1.165) is 19.1 Å². The van der Waals surface area contributed by atoms with Crippen molar-refractivity contribution in [1.29, 1.82) is 0 Å². The summed E-state index contributed by atoms with van der Waals surface area (Å²) in [5, 5.41) is 2.70. The largest absolute Gasteiger partial charge is 0.463 e. The van der Waals surface area contributed by atoms with Gasteiger partial charge in [-0.3, -0.25) is 8.98 Å². The maximum absolute atomic E-state index is 12.2. The van der Waals surface area contributed by atoms with Crippen molar-refractivity contribution >= 4 is 22.0 Å². The molecular formula is C17H29NO7S. The fourth-order valence-corrected chi connectivity index (χ4v) is 3.49. The molecule has 0 unspecified atom stereocenters. The number of rotatable bonds is 9. The Balaban J connectivity index is 3.25. The summed E-state index contributed by atoms with van der Waals surface area (Å²) in [6.45, 7) is 7.14. The lowest BCUT2D eigenvalue weighted by atomic mass is 9.89. The van der Waals surface area contributed by atoms with E-state index in [4.69, 9.17) is 13.7 Å². The third-order valence-corrected chi connectivity index (χ3v) is 4.60. The maximum Gasteiger partial charge on any atom is 0.333 e. The first-order chi connectivity index (χ1) is 12.1. The van der Waals surface area contributed by atoms with Crippen molar-refractivity contribution in [3.05, 3.63) is 11.6 Å². The summed E-state index contributed by atoms with van der Waals surface area (Å²) in [5.74, 6) is -0.891. The van der Waals surface area contributed by atoms with Crippen LogP contribution in [0.5, 0.6) is 0 Å². The van der Waals surface area contributed by atoms with Crippen molar-refractivity contribution in [1.82, 2.24) is 5.32 Å². The predicted octanol–water partition coefficient (Wildman–Crippen LogP) is 1.30. The second kappa shape index (κ2) is 10.0. The highest BCUT2D eigenvalue weighted by Gasteiger charge is 2.40. The molecule has 0 bridgehead atoms. The number of carbonyl (C=O) groups excluding carboxylic acids is 2. The molecule has 1 aliphatic carbocycles. The topological polar surface area (TPSA) is 108 Å².